The van der Waals surface area contributed by atoms with Gasteiger partial charge in [-0.1, -0.05) is 12.1 Å². The maximum atomic E-state index is 12.5. The number of ether oxygens (including phenoxy) is 2. The summed E-state index contributed by atoms with van der Waals surface area (Å²) >= 11 is 0. The summed E-state index contributed by atoms with van der Waals surface area (Å²) in [4.78, 5) is 26.1. The van der Waals surface area contributed by atoms with Gasteiger partial charge in [-0.3, -0.25) is 9.69 Å². The van der Waals surface area contributed by atoms with E-state index in [2.05, 4.69) is 21.5 Å². The van der Waals surface area contributed by atoms with Crippen LogP contribution in [0.1, 0.15) is 30.4 Å². The molecule has 0 radical (unpaired) electrons. The number of phenols is 1. The summed E-state index contributed by atoms with van der Waals surface area (Å²) in [5.41, 5.74) is 0.192. The quantitative estimate of drug-likeness (QED) is 0.355. The zero-order chi connectivity index (χ0) is 22.7. The van der Waals surface area contributed by atoms with Crippen LogP contribution in [-0.2, 0) is 26.2 Å². The largest absolute Gasteiger partial charge is 0.504 e. The van der Waals surface area contributed by atoms with Gasteiger partial charge >= 0.3 is 5.97 Å². The third-order valence-electron chi connectivity index (χ3n) is 7.84. The highest BCUT2D eigenvalue weighted by Crippen LogP contribution is 2.65. The molecule has 2 heterocycles. The van der Waals surface area contributed by atoms with Crippen LogP contribution in [-0.4, -0.2) is 71.0 Å². The van der Waals surface area contributed by atoms with E-state index in [1.807, 2.05) is 12.1 Å². The van der Waals surface area contributed by atoms with E-state index in [1.165, 1.54) is 7.11 Å². The second-order valence-electron chi connectivity index (χ2n) is 9.15. The fourth-order valence-corrected chi connectivity index (χ4v) is 6.61. The Morgan fingerprint density at radius 3 is 2.94 bits per heavy atom. The molecule has 2 aliphatic carbocycles. The minimum absolute atomic E-state index is 0.0532. The zero-order valence-electron chi connectivity index (χ0n) is 18.0. The molecule has 1 saturated heterocycles. The van der Waals surface area contributed by atoms with Crippen molar-refractivity contribution in [3.63, 3.8) is 0 Å². The molecule has 1 aromatic carbocycles. The molecule has 2 bridgehead atoms. The van der Waals surface area contributed by atoms with Crippen molar-refractivity contribution in [3.05, 3.63) is 48.1 Å². The number of benzene rings is 1. The first-order valence-corrected chi connectivity index (χ1v) is 11.0. The van der Waals surface area contributed by atoms with Crippen LogP contribution in [0.5, 0.6) is 11.5 Å². The average Bonchev–Trinajstić information content (AvgIpc) is 3.13. The van der Waals surface area contributed by atoms with Crippen LogP contribution < -0.4 is 10.1 Å². The highest BCUT2D eigenvalue weighted by Gasteiger charge is 2.72. The number of carbonyl (C=O) groups excluding carboxylic acids is 2. The number of methoxy groups -OCH3 is 1. The number of likely N-dealkylation sites (tertiary alicyclic amines) is 1. The summed E-state index contributed by atoms with van der Waals surface area (Å²) in [6, 6.07) is 3.09. The van der Waals surface area contributed by atoms with Crippen LogP contribution in [0, 0.1) is 0 Å². The lowest BCUT2D eigenvalue weighted by Crippen LogP contribution is -2.78. The molecule has 2 fully saturated rings. The van der Waals surface area contributed by atoms with Gasteiger partial charge in [-0.05, 0) is 43.9 Å². The molecule has 5 unspecified atom stereocenters. The number of aromatic hydroxyl groups is 1. The van der Waals surface area contributed by atoms with E-state index in [9.17, 15) is 19.8 Å². The van der Waals surface area contributed by atoms with Gasteiger partial charge in [0.2, 0.25) is 5.91 Å². The third kappa shape index (κ3) is 2.69. The second kappa shape index (κ2) is 7.35. The van der Waals surface area contributed by atoms with E-state index in [0.717, 1.165) is 29.8 Å². The van der Waals surface area contributed by atoms with Crippen LogP contribution >= 0.6 is 0 Å². The maximum absolute atomic E-state index is 12.5. The Labute approximate surface area is 186 Å². The molecule has 1 amide bonds. The highest BCUT2D eigenvalue weighted by atomic mass is 16.5. The summed E-state index contributed by atoms with van der Waals surface area (Å²) in [6.45, 7) is 5.33. The van der Waals surface area contributed by atoms with E-state index in [-0.39, 0.29) is 17.8 Å². The van der Waals surface area contributed by atoms with Crippen molar-refractivity contribution < 1.29 is 29.3 Å². The molecular weight excluding hydrogens is 412 g/mol. The predicted octanol–water partition coefficient (Wildman–Crippen LogP) is 0.946. The fourth-order valence-electron chi connectivity index (χ4n) is 6.61. The topological polar surface area (TPSA) is 108 Å². The summed E-state index contributed by atoms with van der Waals surface area (Å²) < 4.78 is 10.9. The number of hydrogen-bond acceptors (Lipinski definition) is 7. The number of carbonyl (C=O) groups is 2. The molecule has 8 nitrogen and oxygen atoms in total. The Balaban J connectivity index is 1.55. The van der Waals surface area contributed by atoms with E-state index in [1.54, 1.807) is 6.07 Å². The minimum atomic E-state index is -1.05. The Hall–Kier alpha value is -2.84. The van der Waals surface area contributed by atoms with Gasteiger partial charge < -0.3 is 25.0 Å². The van der Waals surface area contributed by atoms with Crippen LogP contribution in [0.2, 0.25) is 0 Å². The SMILES string of the molecule is C=CCN1CCC23c4c5ccc(O)c4OC2C(NC(=O)C=CC(=O)OC)CCC3(O)C1C5. The molecule has 3 N–H and O–H groups in total. The number of rotatable bonds is 5. The number of esters is 1. The van der Waals surface area contributed by atoms with Crippen LogP contribution in [0.3, 0.4) is 0 Å². The molecular formula is C24H28N2O6. The predicted molar refractivity (Wildman–Crippen MR) is 115 cm³/mol. The van der Waals surface area contributed by atoms with Gasteiger partial charge in [-0.15, -0.1) is 6.58 Å². The van der Waals surface area contributed by atoms with E-state index in [0.29, 0.717) is 38.0 Å². The van der Waals surface area contributed by atoms with Crippen molar-refractivity contribution >= 4 is 11.9 Å². The van der Waals surface area contributed by atoms with E-state index < -0.39 is 29.0 Å². The molecule has 1 aromatic rings. The molecule has 1 saturated carbocycles. The van der Waals surface area contributed by atoms with Crippen molar-refractivity contribution in [2.75, 3.05) is 20.2 Å². The molecule has 4 aliphatic rings. The number of amides is 1. The smallest absolute Gasteiger partial charge is 0.330 e. The summed E-state index contributed by atoms with van der Waals surface area (Å²) in [5.74, 6) is -0.562. The van der Waals surface area contributed by atoms with Gasteiger partial charge in [-0.2, -0.15) is 0 Å². The van der Waals surface area contributed by atoms with Crippen molar-refractivity contribution in [2.45, 2.75) is 54.9 Å². The van der Waals surface area contributed by atoms with Gasteiger partial charge in [0.1, 0.15) is 6.10 Å². The molecule has 32 heavy (non-hydrogen) atoms. The Morgan fingerprint density at radius 2 is 2.19 bits per heavy atom. The van der Waals surface area contributed by atoms with E-state index >= 15 is 0 Å². The minimum Gasteiger partial charge on any atom is -0.504 e. The Kier molecular flexibility index (Phi) is 4.83. The Morgan fingerprint density at radius 1 is 1.38 bits per heavy atom. The fraction of sp³-hybridized carbons (Fsp3) is 0.500. The summed E-state index contributed by atoms with van der Waals surface area (Å²) in [5, 5.41) is 25.8. The van der Waals surface area contributed by atoms with Crippen molar-refractivity contribution in [1.82, 2.24) is 10.2 Å². The molecule has 8 heteroatoms. The lowest BCUT2D eigenvalue weighted by molar-refractivity contribution is -0.189. The second-order valence-corrected chi connectivity index (χ2v) is 9.15. The lowest BCUT2D eigenvalue weighted by Gasteiger charge is -2.64. The van der Waals surface area contributed by atoms with Crippen molar-refractivity contribution in [3.8, 4) is 11.5 Å². The monoisotopic (exact) mass is 440 g/mol. The van der Waals surface area contributed by atoms with Gasteiger partial charge in [-0.25, -0.2) is 4.79 Å². The molecule has 1 spiro atoms. The molecule has 5 rings (SSSR count). The van der Waals surface area contributed by atoms with Gasteiger partial charge in [0.15, 0.2) is 11.5 Å². The number of phenolic OH excluding ortho intramolecular Hbond substituents is 1. The average molecular weight is 440 g/mol. The zero-order valence-corrected chi connectivity index (χ0v) is 18.0. The molecule has 5 atom stereocenters. The first-order valence-electron chi connectivity index (χ1n) is 11.0. The number of nitrogens with one attached hydrogen (secondary N) is 1. The summed E-state index contributed by atoms with van der Waals surface area (Å²) in [6.07, 6.45) is 5.88. The normalized spacial score (nSPS) is 34.5. The Bertz CT molecular complexity index is 1020. The standard InChI is InChI=1S/C24H28N2O6/c1-3-11-26-12-10-23-20-14-4-5-16(27)21(20)32-22(23)15(8-9-24(23,30)17(26)13-14)25-18(28)6-7-19(29)31-2/h3-7,15,17,22,27,30H,1,8-13H2,2H3,(H,25,28). The molecule has 170 valence electrons. The lowest BCUT2D eigenvalue weighted by atomic mass is 9.48. The molecule has 2 aliphatic heterocycles. The molecule has 0 aromatic heterocycles. The first kappa shape index (κ1) is 21.0. The van der Waals surface area contributed by atoms with Crippen molar-refractivity contribution in [1.29, 1.82) is 0 Å². The third-order valence-corrected chi connectivity index (χ3v) is 7.84. The number of piperidine rings is 1. The van der Waals surface area contributed by atoms with Gasteiger partial charge in [0, 0.05) is 30.3 Å². The van der Waals surface area contributed by atoms with Gasteiger partial charge in [0.25, 0.3) is 0 Å². The number of aliphatic hydroxyl groups is 1. The highest BCUT2D eigenvalue weighted by molar-refractivity contribution is 5.94. The van der Waals surface area contributed by atoms with Crippen molar-refractivity contribution in [2.24, 2.45) is 0 Å². The van der Waals surface area contributed by atoms with Gasteiger partial charge in [0.05, 0.1) is 24.2 Å². The van der Waals surface area contributed by atoms with E-state index in [4.69, 9.17) is 4.74 Å². The summed E-state index contributed by atoms with van der Waals surface area (Å²) in [7, 11) is 1.25. The van der Waals surface area contributed by atoms with Crippen LogP contribution in [0.4, 0.5) is 0 Å². The number of nitrogens with zero attached hydrogens (tertiary/aromatic N) is 1. The first-order chi connectivity index (χ1) is 15.4. The van der Waals surface area contributed by atoms with Crippen LogP contribution in [0.25, 0.3) is 0 Å². The van der Waals surface area contributed by atoms with Crippen LogP contribution in [0.15, 0.2) is 36.9 Å². The number of hydrogen-bond donors (Lipinski definition) is 3. The maximum Gasteiger partial charge on any atom is 0.330 e.